The van der Waals surface area contributed by atoms with E-state index in [2.05, 4.69) is 14.5 Å². The van der Waals surface area contributed by atoms with Crippen LogP contribution in [0.5, 0.6) is 0 Å². The zero-order chi connectivity index (χ0) is 18.4. The van der Waals surface area contributed by atoms with Gasteiger partial charge in [0, 0.05) is 19.5 Å². The Morgan fingerprint density at radius 2 is 2.12 bits per heavy atom. The van der Waals surface area contributed by atoms with Gasteiger partial charge in [0.25, 0.3) is 0 Å². The number of carbonyl (C=O) groups is 2. The molecule has 0 aliphatic heterocycles. The van der Waals surface area contributed by atoms with Gasteiger partial charge in [-0.15, -0.1) is 0 Å². The predicted octanol–water partition coefficient (Wildman–Crippen LogP) is 1.02. The summed E-state index contributed by atoms with van der Waals surface area (Å²) in [5.74, 6) is -0.390. The lowest BCUT2D eigenvalue weighted by atomic mass is 10.2. The maximum atomic E-state index is 11.4. The molecule has 0 spiro atoms. The number of carbonyl (C=O) groups excluding carboxylic acids is 1. The van der Waals surface area contributed by atoms with E-state index < -0.39 is 11.9 Å². The Kier molecular flexibility index (Phi) is 6.40. The summed E-state index contributed by atoms with van der Waals surface area (Å²) >= 11 is 1.57. The number of esters is 1. The molecule has 0 aliphatic rings. The predicted molar refractivity (Wildman–Crippen MR) is 91.1 cm³/mol. The summed E-state index contributed by atoms with van der Waals surface area (Å²) in [5.41, 5.74) is 9.82. The monoisotopic (exact) mass is 365 g/mol. The number of nitrogen functional groups attached to an aromatic ring is 1. The van der Waals surface area contributed by atoms with Crippen molar-refractivity contribution in [1.82, 2.24) is 9.97 Å². The number of aromatic nitrogens is 3. The second-order valence-corrected chi connectivity index (χ2v) is 6.49. The quantitative estimate of drug-likeness (QED) is 0.529. The van der Waals surface area contributed by atoms with Crippen LogP contribution >= 0.6 is 11.3 Å². The molecule has 25 heavy (non-hydrogen) atoms. The molecule has 9 heteroatoms. The fourth-order valence-corrected chi connectivity index (χ4v) is 3.18. The minimum Gasteiger partial charge on any atom is -0.481 e. The summed E-state index contributed by atoms with van der Waals surface area (Å²) in [5, 5.41) is 8.53. The molecule has 0 saturated heterocycles. The molecule has 0 fully saturated rings. The molecule has 0 amide bonds. The molecule has 2 rings (SSSR count). The number of carboxylic acids is 1. The van der Waals surface area contributed by atoms with Crippen LogP contribution in [-0.4, -0.2) is 33.6 Å². The lowest BCUT2D eigenvalue weighted by Crippen LogP contribution is -2.35. The van der Waals surface area contributed by atoms with Gasteiger partial charge in [-0.25, -0.2) is 9.97 Å². The smallest absolute Gasteiger partial charge is 0.306 e. The maximum absolute atomic E-state index is 11.4. The third-order valence-corrected chi connectivity index (χ3v) is 4.79. The van der Waals surface area contributed by atoms with E-state index >= 15 is 0 Å². The van der Waals surface area contributed by atoms with E-state index in [-0.39, 0.29) is 19.4 Å². The Morgan fingerprint density at radius 1 is 1.36 bits per heavy atom. The lowest BCUT2D eigenvalue weighted by Gasteiger charge is -2.03. The van der Waals surface area contributed by atoms with Gasteiger partial charge in [0.15, 0.2) is 12.2 Å². The fourth-order valence-electron chi connectivity index (χ4n) is 2.20. The number of nitrogens with zero attached hydrogens (tertiary/aromatic N) is 3. The standard InChI is InChI=1S/C16H20N4O4S/c1-10-13(5-6-24-15(23)4-3-14(21)22)25-9-20(10)8-12-7-18-11(2)19-16(12)17/h7,9H,3-6,8H2,1-2H3,(H2-,17,18,19,21,22)/p+1. The lowest BCUT2D eigenvalue weighted by molar-refractivity contribution is -0.689. The van der Waals surface area contributed by atoms with Gasteiger partial charge in [-0.3, -0.25) is 9.59 Å². The summed E-state index contributed by atoms with van der Waals surface area (Å²) in [6, 6.07) is 0. The Hall–Kier alpha value is -2.55. The second kappa shape index (κ2) is 8.52. The summed E-state index contributed by atoms with van der Waals surface area (Å²) in [6.45, 7) is 4.59. The first-order valence-electron chi connectivity index (χ1n) is 7.78. The number of nitrogens with two attached hydrogens (primary N) is 1. The minimum atomic E-state index is -1.01. The number of thiazole rings is 1. The van der Waals surface area contributed by atoms with E-state index in [1.165, 1.54) is 0 Å². The molecule has 3 N–H and O–H groups in total. The fraction of sp³-hybridized carbons (Fsp3) is 0.438. The highest BCUT2D eigenvalue weighted by molar-refractivity contribution is 7.09. The van der Waals surface area contributed by atoms with Gasteiger partial charge >= 0.3 is 11.9 Å². The largest absolute Gasteiger partial charge is 0.481 e. The van der Waals surface area contributed by atoms with Gasteiger partial charge in [-0.1, -0.05) is 11.3 Å². The van der Waals surface area contributed by atoms with Crippen molar-refractivity contribution < 1.29 is 24.0 Å². The number of hydrogen-bond acceptors (Lipinski definition) is 7. The Labute approximate surface area is 149 Å². The Bertz CT molecular complexity index is 775. The molecular weight excluding hydrogens is 344 g/mol. The zero-order valence-electron chi connectivity index (χ0n) is 14.2. The maximum Gasteiger partial charge on any atom is 0.306 e. The van der Waals surface area contributed by atoms with Crippen molar-refractivity contribution in [1.29, 1.82) is 0 Å². The summed E-state index contributed by atoms with van der Waals surface area (Å²) in [4.78, 5) is 31.3. The third-order valence-electron chi connectivity index (χ3n) is 3.65. The van der Waals surface area contributed by atoms with Gasteiger partial charge in [-0.2, -0.15) is 4.57 Å². The minimum absolute atomic E-state index is 0.106. The molecule has 2 aromatic rings. The van der Waals surface area contributed by atoms with Crippen LogP contribution in [0, 0.1) is 13.8 Å². The molecule has 134 valence electrons. The normalized spacial score (nSPS) is 10.6. The van der Waals surface area contributed by atoms with Crippen molar-refractivity contribution in [2.24, 2.45) is 0 Å². The highest BCUT2D eigenvalue weighted by atomic mass is 32.1. The van der Waals surface area contributed by atoms with Gasteiger partial charge < -0.3 is 15.6 Å². The average molecular weight is 365 g/mol. The molecule has 0 unspecified atom stereocenters. The second-order valence-electron chi connectivity index (χ2n) is 5.55. The zero-order valence-corrected chi connectivity index (χ0v) is 15.0. The number of carboxylic acid groups (broad SMARTS) is 1. The van der Waals surface area contributed by atoms with E-state index in [9.17, 15) is 9.59 Å². The van der Waals surface area contributed by atoms with E-state index in [0.717, 1.165) is 16.1 Å². The van der Waals surface area contributed by atoms with E-state index in [0.29, 0.717) is 24.6 Å². The van der Waals surface area contributed by atoms with Crippen LogP contribution in [0.2, 0.25) is 0 Å². The highest BCUT2D eigenvalue weighted by Crippen LogP contribution is 2.14. The first kappa shape index (κ1) is 18.8. The molecule has 2 heterocycles. The summed E-state index contributed by atoms with van der Waals surface area (Å²) in [6.07, 6.45) is 2.00. The SMILES string of the molecule is Cc1ncc(C[n+]2csc(CCOC(=O)CCC(=O)O)c2C)c(N)n1. The molecular formula is C16H21N4O4S+. The first-order valence-corrected chi connectivity index (χ1v) is 8.66. The summed E-state index contributed by atoms with van der Waals surface area (Å²) < 4.78 is 7.12. The first-order chi connectivity index (χ1) is 11.9. The van der Waals surface area contributed by atoms with Crippen molar-refractivity contribution in [3.63, 3.8) is 0 Å². The van der Waals surface area contributed by atoms with Crippen molar-refractivity contribution >= 4 is 29.1 Å². The molecule has 0 atom stereocenters. The number of aryl methyl sites for hydroxylation is 1. The number of rotatable bonds is 8. The number of hydrogen-bond donors (Lipinski definition) is 2. The highest BCUT2D eigenvalue weighted by Gasteiger charge is 2.18. The van der Waals surface area contributed by atoms with Crippen molar-refractivity contribution in [2.75, 3.05) is 12.3 Å². The van der Waals surface area contributed by atoms with Crippen molar-refractivity contribution in [3.8, 4) is 0 Å². The molecule has 0 bridgehead atoms. The topological polar surface area (TPSA) is 119 Å². The van der Waals surface area contributed by atoms with Crippen LogP contribution in [0.15, 0.2) is 11.7 Å². The van der Waals surface area contributed by atoms with Gasteiger partial charge in [0.1, 0.15) is 11.6 Å². The van der Waals surface area contributed by atoms with Crippen molar-refractivity contribution in [2.45, 2.75) is 39.7 Å². The Balaban J connectivity index is 1.90. The van der Waals surface area contributed by atoms with Crippen LogP contribution in [0.3, 0.4) is 0 Å². The van der Waals surface area contributed by atoms with E-state index in [1.54, 1.807) is 24.5 Å². The molecule has 0 radical (unpaired) electrons. The molecule has 8 nitrogen and oxygen atoms in total. The van der Waals surface area contributed by atoms with Crippen LogP contribution in [0.4, 0.5) is 5.82 Å². The molecule has 0 aromatic carbocycles. The van der Waals surface area contributed by atoms with Crippen LogP contribution < -0.4 is 10.3 Å². The van der Waals surface area contributed by atoms with Crippen LogP contribution in [-0.2, 0) is 27.3 Å². The number of ether oxygens (including phenoxy) is 1. The van der Waals surface area contributed by atoms with Crippen LogP contribution in [0.25, 0.3) is 0 Å². The molecule has 0 saturated carbocycles. The van der Waals surface area contributed by atoms with Crippen molar-refractivity contribution in [3.05, 3.63) is 33.7 Å². The summed E-state index contributed by atoms with van der Waals surface area (Å²) in [7, 11) is 0. The van der Waals surface area contributed by atoms with Gasteiger partial charge in [0.2, 0.25) is 5.51 Å². The van der Waals surface area contributed by atoms with E-state index in [4.69, 9.17) is 15.6 Å². The van der Waals surface area contributed by atoms with Gasteiger partial charge in [-0.05, 0) is 6.92 Å². The number of aliphatic carboxylic acids is 1. The average Bonchev–Trinajstić information content (AvgIpc) is 2.89. The molecule has 0 aliphatic carbocycles. The number of anilines is 1. The van der Waals surface area contributed by atoms with E-state index in [1.807, 2.05) is 12.4 Å². The Morgan fingerprint density at radius 3 is 2.80 bits per heavy atom. The molecule has 2 aromatic heterocycles. The van der Waals surface area contributed by atoms with Gasteiger partial charge in [0.05, 0.1) is 29.9 Å². The third kappa shape index (κ3) is 5.49. The van der Waals surface area contributed by atoms with Crippen LogP contribution in [0.1, 0.15) is 34.8 Å².